The molecule has 0 aliphatic carbocycles. The third kappa shape index (κ3) is 2.69. The van der Waals surface area contributed by atoms with Crippen LogP contribution in [0.1, 0.15) is 12.5 Å². The fourth-order valence-corrected chi connectivity index (χ4v) is 1.54. The number of carbonyl (C=O) groups excluding carboxylic acids is 1. The fourth-order valence-electron chi connectivity index (χ4n) is 1.54. The van der Waals surface area contributed by atoms with E-state index in [0.717, 1.165) is 0 Å². The van der Waals surface area contributed by atoms with Crippen LogP contribution in [0.15, 0.2) is 24.3 Å². The fraction of sp³-hybridized carbons (Fsp3) is 0.273. The van der Waals surface area contributed by atoms with Gasteiger partial charge < -0.3 is 15.2 Å². The van der Waals surface area contributed by atoms with Crippen molar-refractivity contribution in [3.8, 4) is 5.75 Å². The molecule has 5 N–H and O–H groups in total. The highest BCUT2D eigenvalue weighted by Crippen LogP contribution is 2.23. The first kappa shape index (κ1) is 13.8. The molecule has 1 atom stereocenters. The Hall–Kier alpha value is -2.28. The summed E-state index contributed by atoms with van der Waals surface area (Å²) in [7, 11) is 1.51. The molecule has 98 valence electrons. The van der Waals surface area contributed by atoms with E-state index in [2.05, 4.69) is 5.32 Å². The van der Waals surface area contributed by atoms with Gasteiger partial charge in [0.2, 0.25) is 0 Å². The summed E-state index contributed by atoms with van der Waals surface area (Å²) >= 11 is 0. The smallest absolute Gasteiger partial charge is 0.405 e. The molecule has 0 saturated carbocycles. The van der Waals surface area contributed by atoms with Gasteiger partial charge in [0.15, 0.2) is 0 Å². The van der Waals surface area contributed by atoms with Gasteiger partial charge in [0.1, 0.15) is 11.3 Å². The highest BCUT2D eigenvalue weighted by molar-refractivity contribution is 5.90. The lowest BCUT2D eigenvalue weighted by atomic mass is 9.91. The second-order valence-electron chi connectivity index (χ2n) is 3.76. The van der Waals surface area contributed by atoms with Crippen molar-refractivity contribution < 1.29 is 19.4 Å². The van der Waals surface area contributed by atoms with Gasteiger partial charge in [-0.25, -0.2) is 10.6 Å². The van der Waals surface area contributed by atoms with Crippen LogP contribution in [0.3, 0.4) is 0 Å². The number of benzene rings is 1. The number of methoxy groups -OCH3 is 1. The Bertz CT molecular complexity index is 446. The van der Waals surface area contributed by atoms with Crippen LogP contribution in [-0.4, -0.2) is 24.2 Å². The van der Waals surface area contributed by atoms with E-state index in [4.69, 9.17) is 15.7 Å². The van der Waals surface area contributed by atoms with Crippen LogP contribution in [0.2, 0.25) is 0 Å². The van der Waals surface area contributed by atoms with Crippen molar-refractivity contribution in [2.24, 2.45) is 5.84 Å². The molecule has 1 aromatic carbocycles. The number of amides is 2. The minimum Gasteiger partial charge on any atom is -0.497 e. The zero-order valence-corrected chi connectivity index (χ0v) is 10.1. The Kier molecular flexibility index (Phi) is 4.11. The molecule has 0 aliphatic heterocycles. The molecule has 7 heteroatoms. The van der Waals surface area contributed by atoms with E-state index >= 15 is 0 Å². The SMILES string of the molecule is COc1ccc(C(C)(NC(=O)O)C(=O)NN)cc1. The minimum atomic E-state index is -1.47. The number of rotatable bonds is 4. The molecule has 1 aromatic rings. The second kappa shape index (κ2) is 5.37. The van der Waals surface area contributed by atoms with E-state index in [1.165, 1.54) is 14.0 Å². The van der Waals surface area contributed by atoms with Crippen molar-refractivity contribution in [1.29, 1.82) is 0 Å². The lowest BCUT2D eigenvalue weighted by Gasteiger charge is -2.27. The van der Waals surface area contributed by atoms with E-state index in [-0.39, 0.29) is 0 Å². The van der Waals surface area contributed by atoms with E-state index in [1.807, 2.05) is 5.43 Å². The highest BCUT2D eigenvalue weighted by Gasteiger charge is 2.36. The Morgan fingerprint density at radius 1 is 1.33 bits per heavy atom. The Morgan fingerprint density at radius 2 is 1.89 bits per heavy atom. The normalized spacial score (nSPS) is 13.3. The molecule has 7 nitrogen and oxygen atoms in total. The number of hydrazine groups is 1. The van der Waals surface area contributed by atoms with Crippen LogP contribution in [-0.2, 0) is 10.3 Å². The van der Waals surface area contributed by atoms with E-state index in [0.29, 0.717) is 11.3 Å². The predicted octanol–water partition coefficient (Wildman–Crippen LogP) is 0.168. The Morgan fingerprint density at radius 3 is 2.28 bits per heavy atom. The standard InChI is InChI=1S/C11H15N3O4/c1-11(9(15)14-12,13-10(16)17)7-3-5-8(18-2)6-4-7/h3-6,13H,12H2,1-2H3,(H,14,15)(H,16,17). The monoisotopic (exact) mass is 253 g/mol. The first-order valence-electron chi connectivity index (χ1n) is 5.10. The van der Waals surface area contributed by atoms with Crippen molar-refractivity contribution >= 4 is 12.0 Å². The summed E-state index contributed by atoms with van der Waals surface area (Å²) in [6, 6.07) is 6.43. The number of carboxylic acid groups (broad SMARTS) is 1. The Labute approximate surface area is 104 Å². The predicted molar refractivity (Wildman–Crippen MR) is 63.8 cm³/mol. The molecule has 0 aliphatic rings. The number of ether oxygens (including phenoxy) is 1. The molecule has 0 saturated heterocycles. The number of hydrogen-bond acceptors (Lipinski definition) is 4. The molecule has 18 heavy (non-hydrogen) atoms. The zero-order chi connectivity index (χ0) is 13.8. The van der Waals surface area contributed by atoms with Crippen LogP contribution in [0.25, 0.3) is 0 Å². The summed E-state index contributed by atoms with van der Waals surface area (Å²) in [6.07, 6.45) is -1.32. The lowest BCUT2D eigenvalue weighted by Crippen LogP contribution is -2.55. The summed E-state index contributed by atoms with van der Waals surface area (Å²) in [5, 5.41) is 10.9. The van der Waals surface area contributed by atoms with Crippen LogP contribution < -0.4 is 21.3 Å². The number of nitrogens with one attached hydrogen (secondary N) is 2. The van der Waals surface area contributed by atoms with Gasteiger partial charge in [-0.05, 0) is 24.6 Å². The van der Waals surface area contributed by atoms with Crippen molar-refractivity contribution in [2.75, 3.05) is 7.11 Å². The molecule has 1 rings (SSSR count). The first-order chi connectivity index (χ1) is 8.43. The largest absolute Gasteiger partial charge is 0.497 e. The van der Waals surface area contributed by atoms with Crippen LogP contribution >= 0.6 is 0 Å². The van der Waals surface area contributed by atoms with E-state index in [9.17, 15) is 9.59 Å². The molecule has 0 spiro atoms. The summed E-state index contributed by atoms with van der Waals surface area (Å²) in [5.74, 6) is 5.01. The van der Waals surface area contributed by atoms with Crippen LogP contribution in [0, 0.1) is 0 Å². The molecule has 0 fully saturated rings. The quantitative estimate of drug-likeness (QED) is 0.347. The van der Waals surface area contributed by atoms with Crippen molar-refractivity contribution in [2.45, 2.75) is 12.5 Å². The third-order valence-corrected chi connectivity index (χ3v) is 2.61. The average molecular weight is 253 g/mol. The number of nitrogens with two attached hydrogens (primary N) is 1. The van der Waals surface area contributed by atoms with Gasteiger partial charge in [-0.3, -0.25) is 10.2 Å². The van der Waals surface area contributed by atoms with Gasteiger partial charge >= 0.3 is 6.09 Å². The Balaban J connectivity index is 3.16. The maximum atomic E-state index is 11.7. The first-order valence-corrected chi connectivity index (χ1v) is 5.10. The van der Waals surface area contributed by atoms with Crippen LogP contribution in [0.5, 0.6) is 5.75 Å². The van der Waals surface area contributed by atoms with Crippen molar-refractivity contribution in [1.82, 2.24) is 10.7 Å². The average Bonchev–Trinajstić information content (AvgIpc) is 2.36. The lowest BCUT2D eigenvalue weighted by molar-refractivity contribution is -0.127. The number of carbonyl (C=O) groups is 2. The van der Waals surface area contributed by atoms with Gasteiger partial charge in [-0.1, -0.05) is 12.1 Å². The summed E-state index contributed by atoms with van der Waals surface area (Å²) in [5.41, 5.74) is 0.929. The molecule has 0 aromatic heterocycles. The van der Waals surface area contributed by atoms with Crippen molar-refractivity contribution in [3.63, 3.8) is 0 Å². The molecule has 0 bridgehead atoms. The zero-order valence-electron chi connectivity index (χ0n) is 10.1. The summed E-state index contributed by atoms with van der Waals surface area (Å²) < 4.78 is 4.99. The molecule has 0 heterocycles. The van der Waals surface area contributed by atoms with Gasteiger partial charge in [-0.2, -0.15) is 0 Å². The molecule has 1 unspecified atom stereocenters. The number of hydrogen-bond donors (Lipinski definition) is 4. The summed E-state index contributed by atoms with van der Waals surface area (Å²) in [6.45, 7) is 1.42. The van der Waals surface area contributed by atoms with Gasteiger partial charge in [0, 0.05) is 0 Å². The highest BCUT2D eigenvalue weighted by atomic mass is 16.5. The molecule has 2 amide bonds. The second-order valence-corrected chi connectivity index (χ2v) is 3.76. The van der Waals surface area contributed by atoms with Crippen LogP contribution in [0.4, 0.5) is 4.79 Å². The maximum Gasteiger partial charge on any atom is 0.405 e. The van der Waals surface area contributed by atoms with Gasteiger partial charge in [-0.15, -0.1) is 0 Å². The molecular weight excluding hydrogens is 238 g/mol. The molecule has 0 radical (unpaired) electrons. The summed E-state index contributed by atoms with van der Waals surface area (Å²) in [4.78, 5) is 22.5. The van der Waals surface area contributed by atoms with Gasteiger partial charge in [0.05, 0.1) is 7.11 Å². The third-order valence-electron chi connectivity index (χ3n) is 2.61. The maximum absolute atomic E-state index is 11.7. The van der Waals surface area contributed by atoms with E-state index in [1.54, 1.807) is 24.3 Å². The topological polar surface area (TPSA) is 114 Å². The van der Waals surface area contributed by atoms with E-state index < -0.39 is 17.5 Å². The van der Waals surface area contributed by atoms with Gasteiger partial charge in [0.25, 0.3) is 5.91 Å². The molecular formula is C11H15N3O4. The minimum absolute atomic E-state index is 0.452. The van der Waals surface area contributed by atoms with Crippen molar-refractivity contribution in [3.05, 3.63) is 29.8 Å².